The van der Waals surface area contributed by atoms with Gasteiger partial charge in [0.05, 0.1) is 23.7 Å². The summed E-state index contributed by atoms with van der Waals surface area (Å²) in [6, 6.07) is 8.42. The Balaban J connectivity index is 2.05. The Morgan fingerprint density at radius 1 is 1.44 bits per heavy atom. The second kappa shape index (κ2) is 5.30. The van der Waals surface area contributed by atoms with E-state index in [1.165, 1.54) is 0 Å². The van der Waals surface area contributed by atoms with Crippen molar-refractivity contribution in [3.63, 3.8) is 0 Å². The molecule has 96 valence electrons. The van der Waals surface area contributed by atoms with Crippen molar-refractivity contribution >= 4 is 22.8 Å². The van der Waals surface area contributed by atoms with E-state index in [0.29, 0.717) is 12.6 Å². The summed E-state index contributed by atoms with van der Waals surface area (Å²) in [5.74, 6) is 3.27. The Labute approximate surface area is 110 Å². The second-order valence-electron chi connectivity index (χ2n) is 4.42. The first-order valence-electron chi connectivity index (χ1n) is 6.27. The van der Waals surface area contributed by atoms with Crippen LogP contribution in [0, 0.1) is 0 Å². The Bertz CT molecular complexity index is 534. The third kappa shape index (κ3) is 2.13. The molecule has 1 atom stereocenters. The van der Waals surface area contributed by atoms with E-state index in [9.17, 15) is 5.11 Å². The summed E-state index contributed by atoms with van der Waals surface area (Å²) in [5.41, 5.74) is 2.12. The molecule has 1 aromatic heterocycles. The van der Waals surface area contributed by atoms with Crippen LogP contribution in [0.5, 0.6) is 0 Å². The predicted octanol–water partition coefficient (Wildman–Crippen LogP) is 1.41. The average molecular weight is 263 g/mol. The van der Waals surface area contributed by atoms with Gasteiger partial charge in [0.2, 0.25) is 0 Å². The number of aromatic nitrogens is 2. The Kier molecular flexibility index (Phi) is 3.54. The number of para-hydroxylation sites is 2. The van der Waals surface area contributed by atoms with Crippen LogP contribution in [0.2, 0.25) is 0 Å². The number of hydrogen-bond donors (Lipinski definition) is 2. The predicted molar refractivity (Wildman–Crippen MR) is 74.9 cm³/mol. The molecule has 0 amide bonds. The maximum atomic E-state index is 9.25. The van der Waals surface area contributed by atoms with Gasteiger partial charge in [0.1, 0.15) is 5.82 Å². The van der Waals surface area contributed by atoms with Gasteiger partial charge in [-0.1, -0.05) is 12.1 Å². The van der Waals surface area contributed by atoms with Gasteiger partial charge < -0.3 is 15.0 Å². The van der Waals surface area contributed by atoms with Gasteiger partial charge in [0, 0.05) is 24.6 Å². The molecule has 0 spiro atoms. The van der Waals surface area contributed by atoms with Crippen molar-refractivity contribution in [2.45, 2.75) is 12.6 Å². The summed E-state index contributed by atoms with van der Waals surface area (Å²) in [6.07, 6.45) is 0. The SMILES string of the molecule is OCCn1c(C2CSCCN2)nc2ccccc21. The molecule has 2 aromatic rings. The van der Waals surface area contributed by atoms with Crippen LogP contribution < -0.4 is 5.32 Å². The van der Waals surface area contributed by atoms with E-state index in [0.717, 1.165) is 34.9 Å². The van der Waals surface area contributed by atoms with Crippen molar-refractivity contribution in [1.29, 1.82) is 0 Å². The quantitative estimate of drug-likeness (QED) is 0.879. The van der Waals surface area contributed by atoms with Crippen LogP contribution in [0.4, 0.5) is 0 Å². The molecular formula is C13H17N3OS. The topological polar surface area (TPSA) is 50.1 Å². The normalized spacial score (nSPS) is 20.4. The molecule has 2 heterocycles. The Morgan fingerprint density at radius 2 is 2.33 bits per heavy atom. The fourth-order valence-electron chi connectivity index (χ4n) is 2.43. The van der Waals surface area contributed by atoms with E-state index in [4.69, 9.17) is 4.98 Å². The lowest BCUT2D eigenvalue weighted by molar-refractivity contribution is 0.274. The maximum absolute atomic E-state index is 9.25. The number of nitrogens with one attached hydrogen (secondary N) is 1. The van der Waals surface area contributed by atoms with Crippen molar-refractivity contribution in [2.75, 3.05) is 24.7 Å². The summed E-state index contributed by atoms with van der Waals surface area (Å²) in [4.78, 5) is 4.73. The standard InChI is InChI=1S/C13H17N3OS/c17-7-6-16-12-4-2-1-3-10(12)15-13(16)11-9-18-8-5-14-11/h1-4,11,14,17H,5-9H2. The van der Waals surface area contributed by atoms with Crippen LogP contribution in [0.1, 0.15) is 11.9 Å². The van der Waals surface area contributed by atoms with Crippen molar-refractivity contribution in [1.82, 2.24) is 14.9 Å². The van der Waals surface area contributed by atoms with Crippen LogP contribution in [0.3, 0.4) is 0 Å². The zero-order chi connectivity index (χ0) is 12.4. The minimum atomic E-state index is 0.146. The number of aliphatic hydroxyl groups is 1. The number of imidazole rings is 1. The molecule has 2 N–H and O–H groups in total. The zero-order valence-electron chi connectivity index (χ0n) is 10.2. The number of benzene rings is 1. The largest absolute Gasteiger partial charge is 0.395 e. The first-order valence-corrected chi connectivity index (χ1v) is 7.43. The van der Waals surface area contributed by atoms with Gasteiger partial charge in [-0.3, -0.25) is 0 Å². The van der Waals surface area contributed by atoms with Crippen LogP contribution in [0.15, 0.2) is 24.3 Å². The van der Waals surface area contributed by atoms with Gasteiger partial charge in [-0.25, -0.2) is 4.98 Å². The first kappa shape index (κ1) is 12.0. The Morgan fingerprint density at radius 3 is 3.11 bits per heavy atom. The maximum Gasteiger partial charge on any atom is 0.128 e. The third-order valence-electron chi connectivity index (χ3n) is 3.24. The minimum absolute atomic E-state index is 0.146. The molecule has 4 nitrogen and oxygen atoms in total. The molecule has 0 saturated carbocycles. The fraction of sp³-hybridized carbons (Fsp3) is 0.462. The van der Waals surface area contributed by atoms with Gasteiger partial charge in [0.25, 0.3) is 0 Å². The lowest BCUT2D eigenvalue weighted by Crippen LogP contribution is -2.32. The van der Waals surface area contributed by atoms with Gasteiger partial charge in [-0.15, -0.1) is 0 Å². The molecule has 0 aliphatic carbocycles. The number of hydrogen-bond acceptors (Lipinski definition) is 4. The van der Waals surface area contributed by atoms with Crippen molar-refractivity contribution in [2.24, 2.45) is 0 Å². The van der Waals surface area contributed by atoms with Crippen LogP contribution >= 0.6 is 11.8 Å². The van der Waals surface area contributed by atoms with Crippen molar-refractivity contribution in [3.8, 4) is 0 Å². The van der Waals surface area contributed by atoms with E-state index < -0.39 is 0 Å². The summed E-state index contributed by atoms with van der Waals surface area (Å²) in [6.45, 7) is 1.78. The summed E-state index contributed by atoms with van der Waals surface area (Å²) in [5, 5.41) is 12.8. The van der Waals surface area contributed by atoms with Gasteiger partial charge in [-0.2, -0.15) is 11.8 Å². The van der Waals surface area contributed by atoms with E-state index >= 15 is 0 Å². The smallest absolute Gasteiger partial charge is 0.128 e. The second-order valence-corrected chi connectivity index (χ2v) is 5.57. The first-order chi connectivity index (χ1) is 8.90. The van der Waals surface area contributed by atoms with E-state index in [1.807, 2.05) is 30.0 Å². The average Bonchev–Trinajstić information content (AvgIpc) is 2.80. The van der Waals surface area contributed by atoms with Crippen LogP contribution in [-0.2, 0) is 6.54 Å². The molecule has 0 bridgehead atoms. The monoisotopic (exact) mass is 263 g/mol. The number of rotatable bonds is 3. The Hall–Kier alpha value is -1.04. The number of aliphatic hydroxyl groups excluding tert-OH is 1. The zero-order valence-corrected chi connectivity index (χ0v) is 11.0. The molecule has 18 heavy (non-hydrogen) atoms. The summed E-state index contributed by atoms with van der Waals surface area (Å²) in [7, 11) is 0. The molecule has 1 fully saturated rings. The molecule has 1 saturated heterocycles. The highest BCUT2D eigenvalue weighted by Crippen LogP contribution is 2.25. The van der Waals surface area contributed by atoms with Crippen LogP contribution in [0.25, 0.3) is 11.0 Å². The van der Waals surface area contributed by atoms with E-state index in [2.05, 4.69) is 16.0 Å². The third-order valence-corrected chi connectivity index (χ3v) is 4.30. The van der Waals surface area contributed by atoms with E-state index in [1.54, 1.807) is 0 Å². The minimum Gasteiger partial charge on any atom is -0.395 e. The molecule has 1 unspecified atom stereocenters. The molecule has 1 aromatic carbocycles. The molecule has 0 radical (unpaired) electrons. The lowest BCUT2D eigenvalue weighted by Gasteiger charge is -2.23. The van der Waals surface area contributed by atoms with Crippen molar-refractivity contribution < 1.29 is 5.11 Å². The molecule has 5 heteroatoms. The molecule has 3 rings (SSSR count). The van der Waals surface area contributed by atoms with Gasteiger partial charge in [0.15, 0.2) is 0 Å². The van der Waals surface area contributed by atoms with Crippen LogP contribution in [-0.4, -0.2) is 39.3 Å². The summed E-state index contributed by atoms with van der Waals surface area (Å²) < 4.78 is 2.14. The number of fused-ring (bicyclic) bond motifs is 1. The molecule has 1 aliphatic rings. The highest BCUT2D eigenvalue weighted by Gasteiger charge is 2.21. The van der Waals surface area contributed by atoms with Gasteiger partial charge in [-0.05, 0) is 12.1 Å². The number of thioether (sulfide) groups is 1. The lowest BCUT2D eigenvalue weighted by atomic mass is 10.3. The highest BCUT2D eigenvalue weighted by molar-refractivity contribution is 7.99. The highest BCUT2D eigenvalue weighted by atomic mass is 32.2. The summed E-state index contributed by atoms with van der Waals surface area (Å²) >= 11 is 1.96. The molecular weight excluding hydrogens is 246 g/mol. The fourth-order valence-corrected chi connectivity index (χ4v) is 3.36. The van der Waals surface area contributed by atoms with E-state index in [-0.39, 0.29) is 6.61 Å². The van der Waals surface area contributed by atoms with Gasteiger partial charge >= 0.3 is 0 Å². The molecule has 1 aliphatic heterocycles. The van der Waals surface area contributed by atoms with Crippen molar-refractivity contribution in [3.05, 3.63) is 30.1 Å². The number of nitrogens with zero attached hydrogens (tertiary/aromatic N) is 2.